The van der Waals surface area contributed by atoms with Gasteiger partial charge >= 0.3 is 5.97 Å². The van der Waals surface area contributed by atoms with E-state index in [0.29, 0.717) is 6.42 Å². The number of carboxylic acid groups (broad SMARTS) is 1. The lowest BCUT2D eigenvalue weighted by atomic mass is 10.3. The normalized spacial score (nSPS) is 22.3. The molecule has 2 aromatic heterocycles. The minimum Gasteiger partial charge on any atom is -0.481 e. The zero-order valence-corrected chi connectivity index (χ0v) is 10.2. The van der Waals surface area contributed by atoms with Crippen LogP contribution >= 0.6 is 0 Å². The molecule has 0 amide bonds. The van der Waals surface area contributed by atoms with Crippen LogP contribution in [-0.4, -0.2) is 25.6 Å². The molecule has 0 spiro atoms. The number of aryl methyl sites for hydroxylation is 1. The molecule has 2 aromatic rings. The summed E-state index contributed by atoms with van der Waals surface area (Å²) < 4.78 is 2.14. The molecule has 0 saturated heterocycles. The predicted molar refractivity (Wildman–Crippen MR) is 66.3 cm³/mol. The SMILES string of the molecule is CCCn1c(C2CC2C(=O)O)nc2cnccc21. The fourth-order valence-electron chi connectivity index (χ4n) is 2.50. The molecule has 1 aliphatic rings. The number of hydrogen-bond acceptors (Lipinski definition) is 3. The minimum absolute atomic E-state index is 0.0708. The minimum atomic E-state index is -0.715. The molecule has 18 heavy (non-hydrogen) atoms. The Labute approximate surface area is 104 Å². The Morgan fingerprint density at radius 1 is 1.61 bits per heavy atom. The van der Waals surface area contributed by atoms with Crippen molar-refractivity contribution in [3.8, 4) is 0 Å². The molecule has 1 N–H and O–H groups in total. The molecule has 1 saturated carbocycles. The summed E-state index contributed by atoms with van der Waals surface area (Å²) >= 11 is 0. The molecule has 0 aromatic carbocycles. The third-order valence-corrected chi connectivity index (χ3v) is 3.47. The molecule has 0 radical (unpaired) electrons. The molecule has 3 rings (SSSR count). The number of carboxylic acids is 1. The van der Waals surface area contributed by atoms with Crippen molar-refractivity contribution in [3.63, 3.8) is 0 Å². The van der Waals surface area contributed by atoms with Crippen molar-refractivity contribution in [3.05, 3.63) is 24.3 Å². The van der Waals surface area contributed by atoms with Gasteiger partial charge in [0.2, 0.25) is 0 Å². The highest BCUT2D eigenvalue weighted by Gasteiger charge is 2.47. The molecular formula is C13H15N3O2. The molecule has 2 atom stereocenters. The quantitative estimate of drug-likeness (QED) is 0.894. The number of hydrogen-bond donors (Lipinski definition) is 1. The van der Waals surface area contributed by atoms with Crippen LogP contribution < -0.4 is 0 Å². The standard InChI is InChI=1S/C13H15N3O2/c1-2-5-16-11-3-4-14-7-10(11)15-12(16)8-6-9(8)13(17)18/h3-4,7-9H,2,5-6H2,1H3,(H,17,18). The number of nitrogens with zero attached hydrogens (tertiary/aromatic N) is 3. The first-order valence-electron chi connectivity index (χ1n) is 6.25. The number of aliphatic carboxylic acids is 1. The van der Waals surface area contributed by atoms with Crippen molar-refractivity contribution in [1.82, 2.24) is 14.5 Å². The third kappa shape index (κ3) is 1.66. The number of pyridine rings is 1. The largest absolute Gasteiger partial charge is 0.481 e. The Hall–Kier alpha value is -1.91. The van der Waals surface area contributed by atoms with Crippen LogP contribution in [0, 0.1) is 5.92 Å². The Morgan fingerprint density at radius 2 is 2.44 bits per heavy atom. The van der Waals surface area contributed by atoms with Gasteiger partial charge < -0.3 is 9.67 Å². The molecular weight excluding hydrogens is 230 g/mol. The molecule has 1 aliphatic carbocycles. The fourth-order valence-corrected chi connectivity index (χ4v) is 2.50. The molecule has 0 bridgehead atoms. The zero-order valence-electron chi connectivity index (χ0n) is 10.2. The van der Waals surface area contributed by atoms with Crippen LogP contribution in [0.25, 0.3) is 11.0 Å². The average molecular weight is 245 g/mol. The van der Waals surface area contributed by atoms with Crippen molar-refractivity contribution >= 4 is 17.0 Å². The van der Waals surface area contributed by atoms with E-state index in [1.54, 1.807) is 12.4 Å². The van der Waals surface area contributed by atoms with E-state index in [0.717, 1.165) is 29.8 Å². The molecule has 94 valence electrons. The van der Waals surface area contributed by atoms with Crippen LogP contribution in [0.5, 0.6) is 0 Å². The maximum atomic E-state index is 11.0. The van der Waals surface area contributed by atoms with Crippen LogP contribution in [0.15, 0.2) is 18.5 Å². The zero-order chi connectivity index (χ0) is 12.7. The Morgan fingerprint density at radius 3 is 3.11 bits per heavy atom. The van der Waals surface area contributed by atoms with Crippen molar-refractivity contribution in [2.75, 3.05) is 0 Å². The van der Waals surface area contributed by atoms with Crippen LogP contribution in [0.2, 0.25) is 0 Å². The summed E-state index contributed by atoms with van der Waals surface area (Å²) in [4.78, 5) is 19.6. The third-order valence-electron chi connectivity index (χ3n) is 3.47. The van der Waals surface area contributed by atoms with Crippen molar-refractivity contribution < 1.29 is 9.90 Å². The molecule has 5 heteroatoms. The average Bonchev–Trinajstić information content (AvgIpc) is 3.08. The van der Waals surface area contributed by atoms with Gasteiger partial charge in [-0.25, -0.2) is 4.98 Å². The highest BCUT2D eigenvalue weighted by Crippen LogP contribution is 2.47. The van der Waals surface area contributed by atoms with E-state index in [1.807, 2.05) is 6.07 Å². The lowest BCUT2D eigenvalue weighted by Crippen LogP contribution is -2.05. The smallest absolute Gasteiger partial charge is 0.307 e. The number of carbonyl (C=O) groups is 1. The Bertz CT molecular complexity index is 605. The van der Waals surface area contributed by atoms with E-state index in [2.05, 4.69) is 21.5 Å². The van der Waals surface area contributed by atoms with Gasteiger partial charge in [-0.05, 0) is 18.9 Å². The van der Waals surface area contributed by atoms with Gasteiger partial charge in [0.1, 0.15) is 11.3 Å². The van der Waals surface area contributed by atoms with Gasteiger partial charge in [0.15, 0.2) is 0 Å². The van der Waals surface area contributed by atoms with E-state index < -0.39 is 5.97 Å². The maximum Gasteiger partial charge on any atom is 0.307 e. The molecule has 2 unspecified atom stereocenters. The van der Waals surface area contributed by atoms with Crippen LogP contribution in [0.1, 0.15) is 31.5 Å². The van der Waals surface area contributed by atoms with Crippen molar-refractivity contribution in [2.24, 2.45) is 5.92 Å². The van der Waals surface area contributed by atoms with Gasteiger partial charge in [-0.3, -0.25) is 9.78 Å². The maximum absolute atomic E-state index is 11.0. The predicted octanol–water partition coefficient (Wildman–Crippen LogP) is 2.03. The number of fused-ring (bicyclic) bond motifs is 1. The van der Waals surface area contributed by atoms with E-state index in [4.69, 9.17) is 5.11 Å². The van der Waals surface area contributed by atoms with Gasteiger partial charge in [0, 0.05) is 18.7 Å². The van der Waals surface area contributed by atoms with Gasteiger partial charge in [-0.15, -0.1) is 0 Å². The fraction of sp³-hybridized carbons (Fsp3) is 0.462. The highest BCUT2D eigenvalue weighted by molar-refractivity contribution is 5.78. The summed E-state index contributed by atoms with van der Waals surface area (Å²) in [6.45, 7) is 2.98. The van der Waals surface area contributed by atoms with Gasteiger partial charge in [-0.2, -0.15) is 0 Å². The second-order valence-corrected chi connectivity index (χ2v) is 4.77. The summed E-state index contributed by atoms with van der Waals surface area (Å²) in [5, 5.41) is 9.03. The first-order valence-corrected chi connectivity index (χ1v) is 6.25. The molecule has 2 heterocycles. The van der Waals surface area contributed by atoms with Crippen molar-refractivity contribution in [2.45, 2.75) is 32.2 Å². The summed E-state index contributed by atoms with van der Waals surface area (Å²) in [5.41, 5.74) is 1.91. The second-order valence-electron chi connectivity index (χ2n) is 4.77. The summed E-state index contributed by atoms with van der Waals surface area (Å²) in [6.07, 6.45) is 5.20. The van der Waals surface area contributed by atoms with Crippen LogP contribution in [0.3, 0.4) is 0 Å². The summed E-state index contributed by atoms with van der Waals surface area (Å²) in [7, 11) is 0. The second kappa shape index (κ2) is 4.08. The monoisotopic (exact) mass is 245 g/mol. The summed E-state index contributed by atoms with van der Waals surface area (Å²) in [5.74, 6) is 0.00677. The van der Waals surface area contributed by atoms with Crippen molar-refractivity contribution in [1.29, 1.82) is 0 Å². The number of aromatic nitrogens is 3. The Kier molecular flexibility index (Phi) is 2.54. The van der Waals surface area contributed by atoms with Gasteiger partial charge in [0.05, 0.1) is 17.6 Å². The van der Waals surface area contributed by atoms with E-state index in [-0.39, 0.29) is 11.8 Å². The lowest BCUT2D eigenvalue weighted by Gasteiger charge is -2.06. The first-order chi connectivity index (χ1) is 8.72. The van der Waals surface area contributed by atoms with E-state index in [1.165, 1.54) is 0 Å². The topological polar surface area (TPSA) is 68.0 Å². The van der Waals surface area contributed by atoms with Crippen LogP contribution in [0.4, 0.5) is 0 Å². The number of imidazole rings is 1. The first kappa shape index (κ1) is 11.2. The highest BCUT2D eigenvalue weighted by atomic mass is 16.4. The molecule has 5 nitrogen and oxygen atoms in total. The number of rotatable bonds is 4. The van der Waals surface area contributed by atoms with Gasteiger partial charge in [-0.1, -0.05) is 6.92 Å². The molecule has 0 aliphatic heterocycles. The van der Waals surface area contributed by atoms with Crippen LogP contribution in [-0.2, 0) is 11.3 Å². The van der Waals surface area contributed by atoms with E-state index in [9.17, 15) is 4.79 Å². The molecule has 1 fully saturated rings. The van der Waals surface area contributed by atoms with Gasteiger partial charge in [0.25, 0.3) is 0 Å². The summed E-state index contributed by atoms with van der Waals surface area (Å²) in [6, 6.07) is 1.94. The van der Waals surface area contributed by atoms with E-state index >= 15 is 0 Å². The Balaban J connectivity index is 2.06. The lowest BCUT2D eigenvalue weighted by molar-refractivity contribution is -0.138.